The number of hydrogen-bond acceptors (Lipinski definition) is 6. The molecular formula is C24H22N4O6. The molecule has 0 atom stereocenters. The molecule has 2 N–H and O–H groups in total. The number of anilines is 2. The van der Waals surface area contributed by atoms with Crippen molar-refractivity contribution in [2.45, 2.75) is 26.2 Å². The van der Waals surface area contributed by atoms with Crippen LogP contribution in [0.25, 0.3) is 0 Å². The number of rotatable bonds is 6. The summed E-state index contributed by atoms with van der Waals surface area (Å²) < 4.78 is 0. The Hall–Kier alpha value is -4.60. The Morgan fingerprint density at radius 2 is 1.26 bits per heavy atom. The van der Waals surface area contributed by atoms with Crippen LogP contribution in [0.5, 0.6) is 0 Å². The van der Waals surface area contributed by atoms with Crippen LogP contribution in [0, 0.1) is 20.2 Å². The Labute approximate surface area is 194 Å². The van der Waals surface area contributed by atoms with Crippen molar-refractivity contribution in [3.63, 3.8) is 0 Å². The van der Waals surface area contributed by atoms with E-state index in [1.807, 2.05) is 12.1 Å². The van der Waals surface area contributed by atoms with Gasteiger partial charge in [0.05, 0.1) is 15.9 Å². The molecule has 3 aromatic rings. The van der Waals surface area contributed by atoms with Gasteiger partial charge in [0.2, 0.25) is 0 Å². The lowest BCUT2D eigenvalue weighted by molar-refractivity contribution is -0.394. The third-order valence-electron chi connectivity index (χ3n) is 5.05. The number of carbonyl (C=O) groups is 2. The number of benzene rings is 3. The number of nitrogens with zero attached hydrogens (tertiary/aromatic N) is 2. The molecule has 0 spiro atoms. The predicted octanol–water partition coefficient (Wildman–Crippen LogP) is 5.31. The van der Waals surface area contributed by atoms with Crippen LogP contribution in [0.15, 0.2) is 66.7 Å². The quantitative estimate of drug-likeness (QED) is 0.375. The molecule has 10 nitrogen and oxygen atoms in total. The van der Waals surface area contributed by atoms with Crippen LogP contribution in [0.3, 0.4) is 0 Å². The summed E-state index contributed by atoms with van der Waals surface area (Å²) in [4.78, 5) is 45.5. The van der Waals surface area contributed by atoms with Gasteiger partial charge in [0.15, 0.2) is 0 Å². The number of nitro benzene ring substituents is 2. The Morgan fingerprint density at radius 1 is 0.735 bits per heavy atom. The van der Waals surface area contributed by atoms with Crippen molar-refractivity contribution < 1.29 is 19.4 Å². The normalized spacial score (nSPS) is 10.9. The summed E-state index contributed by atoms with van der Waals surface area (Å²) in [7, 11) is 0. The lowest BCUT2D eigenvalue weighted by Crippen LogP contribution is -2.15. The van der Waals surface area contributed by atoms with Crippen LogP contribution in [-0.2, 0) is 5.41 Å². The number of carbonyl (C=O) groups excluding carboxylic acids is 2. The molecule has 0 bridgehead atoms. The molecular weight excluding hydrogens is 440 g/mol. The summed E-state index contributed by atoms with van der Waals surface area (Å²) in [6.07, 6.45) is 0. The first-order chi connectivity index (χ1) is 16.0. The van der Waals surface area contributed by atoms with Crippen molar-refractivity contribution >= 4 is 34.6 Å². The topological polar surface area (TPSA) is 144 Å². The maximum absolute atomic E-state index is 12.5. The van der Waals surface area contributed by atoms with Gasteiger partial charge in [-0.3, -0.25) is 29.8 Å². The van der Waals surface area contributed by atoms with E-state index in [0.29, 0.717) is 16.9 Å². The summed E-state index contributed by atoms with van der Waals surface area (Å²) >= 11 is 0. The predicted molar refractivity (Wildman–Crippen MR) is 127 cm³/mol. The van der Waals surface area contributed by atoms with Gasteiger partial charge in [-0.1, -0.05) is 32.9 Å². The molecule has 10 heteroatoms. The molecule has 0 radical (unpaired) electrons. The van der Waals surface area contributed by atoms with Gasteiger partial charge in [-0.15, -0.1) is 0 Å². The van der Waals surface area contributed by atoms with Gasteiger partial charge in [0.25, 0.3) is 23.2 Å². The summed E-state index contributed by atoms with van der Waals surface area (Å²) in [5.41, 5.74) is 0.920. The zero-order chi connectivity index (χ0) is 25.0. The van der Waals surface area contributed by atoms with Crippen molar-refractivity contribution in [2.75, 3.05) is 10.6 Å². The lowest BCUT2D eigenvalue weighted by atomic mass is 9.87. The number of non-ortho nitro benzene ring substituents is 1. The van der Waals surface area contributed by atoms with Gasteiger partial charge < -0.3 is 10.6 Å². The molecule has 3 rings (SSSR count). The third kappa shape index (κ3) is 5.60. The smallest absolute Gasteiger partial charge is 0.289 e. The first kappa shape index (κ1) is 24.1. The molecule has 2 amide bonds. The van der Waals surface area contributed by atoms with E-state index < -0.39 is 27.1 Å². The van der Waals surface area contributed by atoms with E-state index >= 15 is 0 Å². The fourth-order valence-electron chi connectivity index (χ4n) is 3.14. The molecule has 0 fully saturated rings. The number of nitrogens with one attached hydrogen (secondary N) is 2. The zero-order valence-corrected chi connectivity index (χ0v) is 18.7. The highest BCUT2D eigenvalue weighted by atomic mass is 16.6. The molecule has 0 aliphatic carbocycles. The van der Waals surface area contributed by atoms with Gasteiger partial charge in [0, 0.05) is 23.0 Å². The largest absolute Gasteiger partial charge is 0.322 e. The second-order valence-electron chi connectivity index (χ2n) is 8.53. The maximum atomic E-state index is 12.5. The molecule has 0 saturated carbocycles. The van der Waals surface area contributed by atoms with Gasteiger partial charge in [0.1, 0.15) is 5.56 Å². The van der Waals surface area contributed by atoms with E-state index in [4.69, 9.17) is 0 Å². The molecule has 0 aromatic heterocycles. The fraction of sp³-hybridized carbons (Fsp3) is 0.167. The maximum Gasteiger partial charge on any atom is 0.289 e. The molecule has 0 aliphatic rings. The van der Waals surface area contributed by atoms with E-state index in [0.717, 1.165) is 23.8 Å². The van der Waals surface area contributed by atoms with Crippen molar-refractivity contribution in [3.05, 3.63) is 104 Å². The highest BCUT2D eigenvalue weighted by Crippen LogP contribution is 2.26. The van der Waals surface area contributed by atoms with Gasteiger partial charge >= 0.3 is 0 Å². The Kier molecular flexibility index (Phi) is 6.71. The minimum Gasteiger partial charge on any atom is -0.322 e. The van der Waals surface area contributed by atoms with Gasteiger partial charge in [-0.05, 0) is 53.4 Å². The van der Waals surface area contributed by atoms with E-state index in [-0.39, 0.29) is 16.9 Å². The van der Waals surface area contributed by atoms with E-state index in [1.54, 1.807) is 24.3 Å². The monoisotopic (exact) mass is 462 g/mol. The lowest BCUT2D eigenvalue weighted by Gasteiger charge is -2.19. The molecule has 3 aromatic carbocycles. The van der Waals surface area contributed by atoms with Crippen LogP contribution in [-0.4, -0.2) is 21.7 Å². The van der Waals surface area contributed by atoms with Crippen molar-refractivity contribution in [2.24, 2.45) is 0 Å². The minimum atomic E-state index is -0.853. The van der Waals surface area contributed by atoms with Crippen LogP contribution >= 0.6 is 0 Å². The molecule has 0 saturated heterocycles. The number of hydrogen-bond donors (Lipinski definition) is 2. The Morgan fingerprint density at radius 3 is 1.74 bits per heavy atom. The van der Waals surface area contributed by atoms with E-state index in [1.165, 1.54) is 12.1 Å². The first-order valence-electron chi connectivity index (χ1n) is 10.2. The molecule has 0 heterocycles. The second kappa shape index (κ2) is 9.49. The minimum absolute atomic E-state index is 0.0236. The highest BCUT2D eigenvalue weighted by Gasteiger charge is 2.24. The van der Waals surface area contributed by atoms with Crippen molar-refractivity contribution in [1.29, 1.82) is 0 Å². The van der Waals surface area contributed by atoms with Crippen molar-refractivity contribution in [1.82, 2.24) is 0 Å². The average Bonchev–Trinajstić information content (AvgIpc) is 2.79. The van der Waals surface area contributed by atoms with E-state index in [2.05, 4.69) is 31.4 Å². The summed E-state index contributed by atoms with van der Waals surface area (Å²) in [6.45, 7) is 6.26. The Bertz CT molecular complexity index is 1260. The van der Waals surface area contributed by atoms with Crippen molar-refractivity contribution in [3.8, 4) is 0 Å². The Balaban J connectivity index is 1.69. The first-order valence-corrected chi connectivity index (χ1v) is 10.2. The standard InChI is InChI=1S/C24H22N4O6/c1-24(2,3)16-6-4-15(5-7-16)22(29)25-17-8-10-18(11-9-17)26-23(30)20-13-12-19(27(31)32)14-21(20)28(33)34/h4-14H,1-3H3,(H,25,29)(H,26,30). The zero-order valence-electron chi connectivity index (χ0n) is 18.7. The summed E-state index contributed by atoms with van der Waals surface area (Å²) in [5.74, 6) is -1.09. The molecule has 0 aliphatic heterocycles. The third-order valence-corrected chi connectivity index (χ3v) is 5.05. The van der Waals surface area contributed by atoms with Crippen LogP contribution < -0.4 is 10.6 Å². The molecule has 34 heavy (non-hydrogen) atoms. The van der Waals surface area contributed by atoms with Crippen LogP contribution in [0.2, 0.25) is 0 Å². The molecule has 174 valence electrons. The second-order valence-corrected chi connectivity index (χ2v) is 8.53. The number of nitro groups is 2. The van der Waals surface area contributed by atoms with Crippen LogP contribution in [0.1, 0.15) is 47.1 Å². The molecule has 0 unspecified atom stereocenters. The summed E-state index contributed by atoms with van der Waals surface area (Å²) in [6, 6.07) is 16.3. The highest BCUT2D eigenvalue weighted by molar-refractivity contribution is 6.07. The fourth-order valence-corrected chi connectivity index (χ4v) is 3.14. The van der Waals surface area contributed by atoms with Gasteiger partial charge in [-0.2, -0.15) is 0 Å². The van der Waals surface area contributed by atoms with E-state index in [9.17, 15) is 29.8 Å². The summed E-state index contributed by atoms with van der Waals surface area (Å²) in [5, 5.41) is 27.4. The SMILES string of the molecule is CC(C)(C)c1ccc(C(=O)Nc2ccc(NC(=O)c3ccc([N+](=O)[O-])cc3[N+](=O)[O-])cc2)cc1. The van der Waals surface area contributed by atoms with Gasteiger partial charge in [-0.25, -0.2) is 0 Å². The van der Waals surface area contributed by atoms with Crippen LogP contribution in [0.4, 0.5) is 22.7 Å². The number of amides is 2. The average molecular weight is 462 g/mol.